The number of ether oxygens (including phenoxy) is 3. The molecule has 3 aromatic carbocycles. The average molecular weight is 467 g/mol. The molecule has 0 amide bonds. The molecule has 0 aromatic heterocycles. The summed E-state index contributed by atoms with van der Waals surface area (Å²) in [5.74, 6) is 1.33. The Hall–Kier alpha value is -3.05. The number of rotatable bonds is 8. The summed E-state index contributed by atoms with van der Waals surface area (Å²) < 4.78 is 17.4. The molecule has 0 bridgehead atoms. The molecule has 0 saturated heterocycles. The highest BCUT2D eigenvalue weighted by atomic mass is 79.9. The summed E-state index contributed by atoms with van der Waals surface area (Å²) in [5.41, 5.74) is 2.95. The summed E-state index contributed by atoms with van der Waals surface area (Å²) in [6.45, 7) is 4.92. The van der Waals surface area contributed by atoms with Gasteiger partial charge in [-0.15, -0.1) is 0 Å². The minimum absolute atomic E-state index is 0.463. The number of carbonyl (C=O) groups excluding carboxylic acids is 1. The summed E-state index contributed by atoms with van der Waals surface area (Å²) in [4.78, 5) is 12.3. The topological polar surface area (TPSA) is 44.8 Å². The van der Waals surface area contributed by atoms with E-state index in [1.807, 2.05) is 74.5 Å². The SMILES string of the molecule is CCOc1ccc(/C=C/C(=O)Oc2ccc(-c3ccccc3)cc2Br)cc1OCC. The van der Waals surface area contributed by atoms with Gasteiger partial charge in [0, 0.05) is 6.08 Å². The standard InChI is InChI=1S/C25H23BrO4/c1-3-28-23-13-10-18(16-24(23)29-4-2)11-15-25(27)30-22-14-12-20(17-21(22)26)19-8-6-5-7-9-19/h5-17H,3-4H2,1-2H3/b15-11+. The fourth-order valence-corrected chi connectivity index (χ4v) is 3.33. The van der Waals surface area contributed by atoms with Crippen molar-refractivity contribution in [2.45, 2.75) is 13.8 Å². The van der Waals surface area contributed by atoms with Crippen molar-refractivity contribution in [3.63, 3.8) is 0 Å². The number of carbonyl (C=O) groups is 1. The molecular weight excluding hydrogens is 444 g/mol. The highest BCUT2D eigenvalue weighted by Gasteiger charge is 2.09. The lowest BCUT2D eigenvalue weighted by molar-refractivity contribution is -0.128. The molecule has 3 rings (SSSR count). The largest absolute Gasteiger partial charge is 0.490 e. The minimum Gasteiger partial charge on any atom is -0.490 e. The van der Waals surface area contributed by atoms with Crippen LogP contribution in [-0.2, 0) is 4.79 Å². The lowest BCUT2D eigenvalue weighted by Gasteiger charge is -2.11. The molecule has 30 heavy (non-hydrogen) atoms. The molecule has 0 fully saturated rings. The van der Waals surface area contributed by atoms with Gasteiger partial charge in [-0.2, -0.15) is 0 Å². The van der Waals surface area contributed by atoms with E-state index in [-0.39, 0.29) is 0 Å². The van der Waals surface area contributed by atoms with Crippen molar-refractivity contribution in [2.75, 3.05) is 13.2 Å². The average Bonchev–Trinajstić information content (AvgIpc) is 2.76. The second kappa shape index (κ2) is 10.6. The van der Waals surface area contributed by atoms with Gasteiger partial charge >= 0.3 is 5.97 Å². The zero-order valence-corrected chi connectivity index (χ0v) is 18.5. The lowest BCUT2D eigenvalue weighted by atomic mass is 10.1. The zero-order valence-electron chi connectivity index (χ0n) is 16.9. The summed E-state index contributed by atoms with van der Waals surface area (Å²) in [6.07, 6.45) is 3.08. The lowest BCUT2D eigenvalue weighted by Crippen LogP contribution is -2.04. The Balaban J connectivity index is 1.69. The van der Waals surface area contributed by atoms with Gasteiger partial charge in [-0.1, -0.05) is 42.5 Å². The first kappa shape index (κ1) is 21.7. The van der Waals surface area contributed by atoms with Crippen LogP contribution in [0.2, 0.25) is 0 Å². The van der Waals surface area contributed by atoms with Crippen LogP contribution in [0.4, 0.5) is 0 Å². The van der Waals surface area contributed by atoms with E-state index in [1.54, 1.807) is 12.1 Å². The van der Waals surface area contributed by atoms with Gasteiger partial charge in [0.1, 0.15) is 5.75 Å². The van der Waals surface area contributed by atoms with Gasteiger partial charge in [0.25, 0.3) is 0 Å². The number of halogens is 1. The van der Waals surface area contributed by atoms with Crippen LogP contribution in [-0.4, -0.2) is 19.2 Å². The van der Waals surface area contributed by atoms with E-state index < -0.39 is 5.97 Å². The van der Waals surface area contributed by atoms with Gasteiger partial charge in [0.05, 0.1) is 17.7 Å². The molecule has 0 heterocycles. The van der Waals surface area contributed by atoms with Crippen LogP contribution in [0, 0.1) is 0 Å². The molecule has 0 aliphatic heterocycles. The van der Waals surface area contributed by atoms with Crippen LogP contribution >= 0.6 is 15.9 Å². The molecule has 0 unspecified atom stereocenters. The Morgan fingerprint density at radius 3 is 2.23 bits per heavy atom. The summed E-state index contributed by atoms with van der Waals surface area (Å²) in [7, 11) is 0. The normalized spacial score (nSPS) is 10.8. The molecule has 0 N–H and O–H groups in total. The third kappa shape index (κ3) is 5.74. The van der Waals surface area contributed by atoms with Crippen molar-refractivity contribution in [3.05, 3.63) is 82.8 Å². The second-order valence-electron chi connectivity index (χ2n) is 6.34. The highest BCUT2D eigenvalue weighted by molar-refractivity contribution is 9.10. The molecule has 3 aromatic rings. The van der Waals surface area contributed by atoms with Crippen molar-refractivity contribution in [1.29, 1.82) is 0 Å². The smallest absolute Gasteiger partial charge is 0.336 e. The maximum absolute atomic E-state index is 12.3. The van der Waals surface area contributed by atoms with Gasteiger partial charge in [-0.25, -0.2) is 4.79 Å². The van der Waals surface area contributed by atoms with Crippen LogP contribution < -0.4 is 14.2 Å². The predicted octanol–water partition coefficient (Wildman–Crippen LogP) is 6.53. The van der Waals surface area contributed by atoms with Gasteiger partial charge in [0.15, 0.2) is 11.5 Å². The van der Waals surface area contributed by atoms with Gasteiger partial charge in [0.2, 0.25) is 0 Å². The summed E-state index contributed by atoms with van der Waals surface area (Å²) in [6, 6.07) is 21.2. The maximum Gasteiger partial charge on any atom is 0.336 e. The molecule has 4 nitrogen and oxygen atoms in total. The first-order valence-electron chi connectivity index (χ1n) is 9.75. The Morgan fingerprint density at radius 2 is 1.53 bits per heavy atom. The maximum atomic E-state index is 12.3. The molecule has 0 aliphatic carbocycles. The number of hydrogen-bond donors (Lipinski definition) is 0. The Kier molecular flexibility index (Phi) is 7.69. The highest BCUT2D eigenvalue weighted by Crippen LogP contribution is 2.31. The third-order valence-corrected chi connectivity index (χ3v) is 4.85. The summed E-state index contributed by atoms with van der Waals surface area (Å²) in [5, 5.41) is 0. The Bertz CT molecular complexity index is 1030. The van der Waals surface area contributed by atoms with E-state index in [2.05, 4.69) is 15.9 Å². The van der Waals surface area contributed by atoms with Gasteiger partial charge in [-0.3, -0.25) is 0 Å². The monoisotopic (exact) mass is 466 g/mol. The van der Waals surface area contributed by atoms with Crippen LogP contribution in [0.5, 0.6) is 17.2 Å². The van der Waals surface area contributed by atoms with Gasteiger partial charge in [-0.05, 0) is 76.8 Å². The molecule has 154 valence electrons. The molecule has 5 heteroatoms. The molecule has 0 aliphatic rings. The quantitative estimate of drug-likeness (QED) is 0.215. The first-order chi connectivity index (χ1) is 14.6. The van der Waals surface area contributed by atoms with Crippen LogP contribution in [0.15, 0.2) is 77.3 Å². The molecule has 0 saturated carbocycles. The second-order valence-corrected chi connectivity index (χ2v) is 7.19. The van der Waals surface area contributed by atoms with E-state index in [0.717, 1.165) is 16.7 Å². The number of hydrogen-bond acceptors (Lipinski definition) is 4. The van der Waals surface area contributed by atoms with Crippen LogP contribution in [0.1, 0.15) is 19.4 Å². The summed E-state index contributed by atoms with van der Waals surface area (Å²) >= 11 is 3.49. The molecule has 0 spiro atoms. The number of benzene rings is 3. The van der Waals surface area contributed by atoms with Crippen molar-refractivity contribution in [2.24, 2.45) is 0 Å². The van der Waals surface area contributed by atoms with Crippen molar-refractivity contribution in [3.8, 4) is 28.4 Å². The minimum atomic E-state index is -0.463. The van der Waals surface area contributed by atoms with E-state index in [4.69, 9.17) is 14.2 Å². The van der Waals surface area contributed by atoms with E-state index in [9.17, 15) is 4.79 Å². The van der Waals surface area contributed by atoms with E-state index in [1.165, 1.54) is 6.08 Å². The number of esters is 1. The Labute approximate surface area is 185 Å². The van der Waals surface area contributed by atoms with Gasteiger partial charge < -0.3 is 14.2 Å². The zero-order chi connectivity index (χ0) is 21.3. The first-order valence-corrected chi connectivity index (χ1v) is 10.5. The van der Waals surface area contributed by atoms with Crippen LogP contribution in [0.25, 0.3) is 17.2 Å². The Morgan fingerprint density at radius 1 is 0.833 bits per heavy atom. The van der Waals surface area contributed by atoms with Crippen molar-refractivity contribution < 1.29 is 19.0 Å². The molecular formula is C25H23BrO4. The fourth-order valence-electron chi connectivity index (χ4n) is 2.87. The molecule has 0 atom stereocenters. The van der Waals surface area contributed by atoms with Crippen molar-refractivity contribution in [1.82, 2.24) is 0 Å². The van der Waals surface area contributed by atoms with Crippen LogP contribution in [0.3, 0.4) is 0 Å². The van der Waals surface area contributed by atoms with E-state index >= 15 is 0 Å². The van der Waals surface area contributed by atoms with Crippen molar-refractivity contribution >= 4 is 28.0 Å². The predicted molar refractivity (Wildman–Crippen MR) is 123 cm³/mol. The fraction of sp³-hybridized carbons (Fsp3) is 0.160. The van der Waals surface area contributed by atoms with E-state index in [0.29, 0.717) is 34.9 Å². The molecule has 0 radical (unpaired) electrons. The third-order valence-electron chi connectivity index (χ3n) is 4.23.